The molecule has 0 aromatic heterocycles. The Morgan fingerprint density at radius 2 is 2.10 bits per heavy atom. The summed E-state index contributed by atoms with van der Waals surface area (Å²) in [4.78, 5) is 0. The van der Waals surface area contributed by atoms with Gasteiger partial charge in [-0.2, -0.15) is 5.10 Å². The first-order chi connectivity index (χ1) is 9.65. The second kappa shape index (κ2) is 7.33. The van der Waals surface area contributed by atoms with Crippen LogP contribution in [0, 0.1) is 11.7 Å². The van der Waals surface area contributed by atoms with Gasteiger partial charge in [0, 0.05) is 12.3 Å². The van der Waals surface area contributed by atoms with Gasteiger partial charge in [0.15, 0.2) is 5.11 Å². The molecule has 1 aromatic carbocycles. The molecule has 5 heteroatoms. The fraction of sp³-hybridized carbons (Fsp3) is 0.467. The quantitative estimate of drug-likeness (QED) is 0.663. The Bertz CT molecular complexity index is 484. The molecule has 0 saturated heterocycles. The summed E-state index contributed by atoms with van der Waals surface area (Å²) in [7, 11) is 0. The summed E-state index contributed by atoms with van der Waals surface area (Å²) in [6.07, 6.45) is 4.75. The van der Waals surface area contributed by atoms with Crippen molar-refractivity contribution >= 4 is 23.0 Å². The third-order valence-corrected chi connectivity index (χ3v) is 3.79. The van der Waals surface area contributed by atoms with Crippen LogP contribution in [0.25, 0.3) is 0 Å². The largest absolute Gasteiger partial charge is 0.357 e. The molecule has 1 atom stereocenters. The highest BCUT2D eigenvalue weighted by molar-refractivity contribution is 7.80. The molecule has 0 spiro atoms. The predicted molar refractivity (Wildman–Crippen MR) is 84.0 cm³/mol. The molecule has 0 radical (unpaired) electrons. The van der Waals surface area contributed by atoms with Crippen molar-refractivity contribution in [3.63, 3.8) is 0 Å². The second-order valence-corrected chi connectivity index (χ2v) is 5.58. The number of nitrogens with one attached hydrogen (secondary N) is 2. The summed E-state index contributed by atoms with van der Waals surface area (Å²) >= 11 is 5.18. The summed E-state index contributed by atoms with van der Waals surface area (Å²) in [5.41, 5.74) is 5.08. The molecule has 2 rings (SSSR count). The highest BCUT2D eigenvalue weighted by Crippen LogP contribution is 2.20. The van der Waals surface area contributed by atoms with Crippen LogP contribution in [-0.4, -0.2) is 10.8 Å². The first kappa shape index (κ1) is 14.9. The van der Waals surface area contributed by atoms with Crippen LogP contribution in [0.4, 0.5) is 4.39 Å². The van der Waals surface area contributed by atoms with E-state index in [0.29, 0.717) is 17.6 Å². The minimum absolute atomic E-state index is 0.230. The zero-order chi connectivity index (χ0) is 14.4. The van der Waals surface area contributed by atoms with E-state index in [0.717, 1.165) is 12.0 Å². The molecule has 0 amide bonds. The van der Waals surface area contributed by atoms with Crippen molar-refractivity contribution in [3.05, 3.63) is 35.6 Å². The molecule has 0 bridgehead atoms. The molecule has 108 valence electrons. The molecule has 0 aliphatic heterocycles. The molecule has 0 unspecified atom stereocenters. The number of hydrogen-bond donors (Lipinski definition) is 2. The molecule has 1 saturated carbocycles. The summed E-state index contributed by atoms with van der Waals surface area (Å²) < 4.78 is 12.8. The Balaban J connectivity index is 1.77. The maximum absolute atomic E-state index is 12.8. The summed E-state index contributed by atoms with van der Waals surface area (Å²) in [5.74, 6) is 0.309. The van der Waals surface area contributed by atoms with Gasteiger partial charge in [-0.3, -0.25) is 5.43 Å². The lowest BCUT2D eigenvalue weighted by Crippen LogP contribution is -2.33. The van der Waals surface area contributed by atoms with Gasteiger partial charge in [0.05, 0.1) is 0 Å². The van der Waals surface area contributed by atoms with E-state index in [9.17, 15) is 4.39 Å². The van der Waals surface area contributed by atoms with Crippen molar-refractivity contribution in [2.24, 2.45) is 11.0 Å². The number of thiocarbonyl (C=S) groups is 1. The molecule has 1 aliphatic rings. The number of benzene rings is 1. The van der Waals surface area contributed by atoms with Gasteiger partial charge >= 0.3 is 0 Å². The van der Waals surface area contributed by atoms with Crippen molar-refractivity contribution in [2.45, 2.75) is 39.2 Å². The lowest BCUT2D eigenvalue weighted by molar-refractivity contribution is 0.555. The van der Waals surface area contributed by atoms with Crippen LogP contribution in [0.1, 0.15) is 38.2 Å². The van der Waals surface area contributed by atoms with E-state index in [-0.39, 0.29) is 5.82 Å². The van der Waals surface area contributed by atoms with Crippen molar-refractivity contribution in [2.75, 3.05) is 0 Å². The fourth-order valence-electron chi connectivity index (χ4n) is 2.28. The van der Waals surface area contributed by atoms with Crippen LogP contribution in [-0.2, 0) is 6.54 Å². The number of nitrogens with zero attached hydrogens (tertiary/aromatic N) is 1. The van der Waals surface area contributed by atoms with E-state index in [1.165, 1.54) is 37.1 Å². The van der Waals surface area contributed by atoms with Gasteiger partial charge in [-0.15, -0.1) is 0 Å². The molecule has 0 heterocycles. The molecule has 1 aliphatic carbocycles. The van der Waals surface area contributed by atoms with Gasteiger partial charge in [-0.05, 0) is 55.1 Å². The Hall–Kier alpha value is -1.49. The van der Waals surface area contributed by atoms with Crippen LogP contribution in [0.5, 0.6) is 0 Å². The summed E-state index contributed by atoms with van der Waals surface area (Å²) in [5, 5.41) is 7.96. The molecule has 3 nitrogen and oxygen atoms in total. The van der Waals surface area contributed by atoms with Crippen LogP contribution < -0.4 is 10.7 Å². The van der Waals surface area contributed by atoms with E-state index < -0.39 is 0 Å². The maximum atomic E-state index is 12.8. The van der Waals surface area contributed by atoms with Gasteiger partial charge < -0.3 is 5.32 Å². The maximum Gasteiger partial charge on any atom is 0.187 e. The van der Waals surface area contributed by atoms with Crippen molar-refractivity contribution in [1.29, 1.82) is 0 Å². The molecular weight excluding hydrogens is 273 g/mol. The summed E-state index contributed by atoms with van der Waals surface area (Å²) in [6.45, 7) is 2.77. The smallest absolute Gasteiger partial charge is 0.187 e. The van der Waals surface area contributed by atoms with Crippen LogP contribution >= 0.6 is 12.2 Å². The first-order valence-corrected chi connectivity index (χ1v) is 7.40. The average molecular weight is 293 g/mol. The molecule has 20 heavy (non-hydrogen) atoms. The SMILES string of the molecule is C[C@H]1CCCC/C1=N/NC(=S)NCc1ccc(F)cc1. The Morgan fingerprint density at radius 3 is 2.80 bits per heavy atom. The van der Waals surface area contributed by atoms with Crippen LogP contribution in [0.2, 0.25) is 0 Å². The molecular formula is C15H20FN3S. The van der Waals surface area contributed by atoms with E-state index in [2.05, 4.69) is 22.8 Å². The van der Waals surface area contributed by atoms with Crippen molar-refractivity contribution < 1.29 is 4.39 Å². The van der Waals surface area contributed by atoms with Crippen LogP contribution in [0.3, 0.4) is 0 Å². The lowest BCUT2D eigenvalue weighted by Gasteiger charge is -2.20. The van der Waals surface area contributed by atoms with Gasteiger partial charge in [0.1, 0.15) is 5.82 Å². The standard InChI is InChI=1S/C15H20FN3S/c1-11-4-2-3-5-14(11)18-19-15(20)17-10-12-6-8-13(16)9-7-12/h6-9,11H,2-5,10H2,1H3,(H2,17,19,20)/b18-14-/t11-/m0/s1. The molecule has 1 fully saturated rings. The van der Waals surface area contributed by atoms with E-state index in [1.807, 2.05) is 0 Å². The van der Waals surface area contributed by atoms with Gasteiger partial charge in [0.2, 0.25) is 0 Å². The monoisotopic (exact) mass is 293 g/mol. The van der Waals surface area contributed by atoms with E-state index in [4.69, 9.17) is 12.2 Å². The van der Waals surface area contributed by atoms with E-state index >= 15 is 0 Å². The van der Waals surface area contributed by atoms with E-state index in [1.54, 1.807) is 12.1 Å². The third-order valence-electron chi connectivity index (χ3n) is 3.56. The average Bonchev–Trinajstić information content (AvgIpc) is 2.46. The minimum Gasteiger partial charge on any atom is -0.357 e. The zero-order valence-corrected chi connectivity index (χ0v) is 12.5. The van der Waals surface area contributed by atoms with Crippen molar-refractivity contribution in [1.82, 2.24) is 10.7 Å². The normalized spacial score (nSPS) is 20.7. The fourth-order valence-corrected chi connectivity index (χ4v) is 2.40. The summed E-state index contributed by atoms with van der Waals surface area (Å²) in [6, 6.07) is 6.36. The number of hydrogen-bond acceptors (Lipinski definition) is 2. The predicted octanol–water partition coefficient (Wildman–Crippen LogP) is 3.36. The Morgan fingerprint density at radius 1 is 1.35 bits per heavy atom. The lowest BCUT2D eigenvalue weighted by atomic mass is 9.89. The number of rotatable bonds is 3. The number of halogens is 1. The molecule has 2 N–H and O–H groups in total. The van der Waals surface area contributed by atoms with Gasteiger partial charge in [-0.25, -0.2) is 4.39 Å². The highest BCUT2D eigenvalue weighted by Gasteiger charge is 2.15. The van der Waals surface area contributed by atoms with Crippen LogP contribution in [0.15, 0.2) is 29.4 Å². The topological polar surface area (TPSA) is 36.4 Å². The van der Waals surface area contributed by atoms with Crippen molar-refractivity contribution in [3.8, 4) is 0 Å². The molecule has 1 aromatic rings. The van der Waals surface area contributed by atoms with Gasteiger partial charge in [0.25, 0.3) is 0 Å². The third kappa shape index (κ3) is 4.56. The number of hydrazone groups is 1. The minimum atomic E-state index is -0.230. The first-order valence-electron chi connectivity index (χ1n) is 7.00. The Kier molecular flexibility index (Phi) is 5.47. The van der Waals surface area contributed by atoms with Gasteiger partial charge in [-0.1, -0.05) is 25.5 Å². The highest BCUT2D eigenvalue weighted by atomic mass is 32.1. The zero-order valence-electron chi connectivity index (χ0n) is 11.7. The Labute approximate surface area is 124 Å². The second-order valence-electron chi connectivity index (χ2n) is 5.17.